The van der Waals surface area contributed by atoms with E-state index in [4.69, 9.17) is 9.47 Å². The number of rotatable bonds is 9. The van der Waals surface area contributed by atoms with E-state index in [0.29, 0.717) is 6.61 Å². The van der Waals surface area contributed by atoms with Crippen LogP contribution in [0.25, 0.3) is 11.5 Å². The van der Waals surface area contributed by atoms with Gasteiger partial charge in [-0.3, -0.25) is 14.5 Å². The second-order valence-corrected chi connectivity index (χ2v) is 6.36. The fraction of sp³-hybridized carbons (Fsp3) is 0.611. The first-order valence-corrected chi connectivity index (χ1v) is 9.13. The minimum atomic E-state index is 0.712. The Morgan fingerprint density at radius 3 is 2.46 bits per heavy atom. The van der Waals surface area contributed by atoms with Gasteiger partial charge in [-0.2, -0.15) is 0 Å². The Bertz CT molecular complexity index is 655. The van der Waals surface area contributed by atoms with Crippen molar-refractivity contribution in [3.05, 3.63) is 24.4 Å². The third-order valence-corrected chi connectivity index (χ3v) is 4.62. The molecule has 0 aliphatic carbocycles. The molecule has 8 nitrogen and oxygen atoms in total. The Kier molecular flexibility index (Phi) is 6.93. The molecule has 142 valence electrons. The third kappa shape index (κ3) is 4.57. The first-order valence-electron chi connectivity index (χ1n) is 9.13. The number of nitrogens with zero attached hydrogens (tertiary/aromatic N) is 6. The normalized spacial score (nSPS) is 15.5. The molecule has 3 rings (SSSR count). The maximum atomic E-state index is 5.22. The highest BCUT2D eigenvalue weighted by molar-refractivity contribution is 5.52. The lowest BCUT2D eigenvalue weighted by molar-refractivity contribution is 0.143. The van der Waals surface area contributed by atoms with Gasteiger partial charge in [0.2, 0.25) is 5.95 Å². The van der Waals surface area contributed by atoms with Gasteiger partial charge in [0.25, 0.3) is 0 Å². The van der Waals surface area contributed by atoms with Gasteiger partial charge in [0, 0.05) is 66.3 Å². The van der Waals surface area contributed by atoms with Crippen LogP contribution in [0.4, 0.5) is 5.95 Å². The van der Waals surface area contributed by atoms with Crippen LogP contribution in [0.5, 0.6) is 0 Å². The van der Waals surface area contributed by atoms with E-state index in [2.05, 4.69) is 29.5 Å². The van der Waals surface area contributed by atoms with E-state index in [1.54, 1.807) is 20.4 Å². The number of piperazine rings is 1. The SMILES string of the molecule is COCCCn1c(-c2ccccn2)nnc1N1CCN(CCOC)CC1. The summed E-state index contributed by atoms with van der Waals surface area (Å²) >= 11 is 0. The van der Waals surface area contributed by atoms with E-state index in [-0.39, 0.29) is 0 Å². The monoisotopic (exact) mass is 360 g/mol. The van der Waals surface area contributed by atoms with Gasteiger partial charge in [0.15, 0.2) is 5.82 Å². The Hall–Kier alpha value is -2.03. The van der Waals surface area contributed by atoms with E-state index in [1.165, 1.54) is 0 Å². The Labute approximate surface area is 154 Å². The molecule has 8 heteroatoms. The van der Waals surface area contributed by atoms with Crippen molar-refractivity contribution in [3.8, 4) is 11.5 Å². The summed E-state index contributed by atoms with van der Waals surface area (Å²) in [5, 5.41) is 8.94. The smallest absolute Gasteiger partial charge is 0.227 e. The average molecular weight is 360 g/mol. The van der Waals surface area contributed by atoms with Crippen LogP contribution in [0.15, 0.2) is 24.4 Å². The maximum absolute atomic E-state index is 5.22. The summed E-state index contributed by atoms with van der Waals surface area (Å²) in [5.74, 6) is 1.74. The molecule has 0 aromatic carbocycles. The van der Waals surface area contributed by atoms with Crippen molar-refractivity contribution in [1.29, 1.82) is 0 Å². The van der Waals surface area contributed by atoms with Crippen LogP contribution in [0.2, 0.25) is 0 Å². The number of methoxy groups -OCH3 is 2. The molecule has 0 N–H and O–H groups in total. The predicted molar refractivity (Wildman–Crippen MR) is 100 cm³/mol. The van der Waals surface area contributed by atoms with E-state index >= 15 is 0 Å². The highest BCUT2D eigenvalue weighted by Gasteiger charge is 2.23. The van der Waals surface area contributed by atoms with Gasteiger partial charge >= 0.3 is 0 Å². The summed E-state index contributed by atoms with van der Waals surface area (Å²) in [5.41, 5.74) is 0.849. The maximum Gasteiger partial charge on any atom is 0.227 e. The molecular formula is C18H28N6O2. The topological polar surface area (TPSA) is 68.5 Å². The molecule has 1 fully saturated rings. The lowest BCUT2D eigenvalue weighted by atomic mass is 10.3. The quantitative estimate of drug-likeness (QED) is 0.621. The first-order chi connectivity index (χ1) is 12.8. The van der Waals surface area contributed by atoms with Crippen molar-refractivity contribution in [2.24, 2.45) is 0 Å². The number of aromatic nitrogens is 4. The van der Waals surface area contributed by atoms with Crippen molar-refractivity contribution in [2.45, 2.75) is 13.0 Å². The fourth-order valence-electron chi connectivity index (χ4n) is 3.18. The molecule has 1 aliphatic rings. The van der Waals surface area contributed by atoms with Crippen LogP contribution in [0.3, 0.4) is 0 Å². The zero-order valence-corrected chi connectivity index (χ0v) is 15.7. The molecule has 26 heavy (non-hydrogen) atoms. The van der Waals surface area contributed by atoms with Crippen molar-refractivity contribution in [1.82, 2.24) is 24.6 Å². The van der Waals surface area contributed by atoms with Crippen LogP contribution in [-0.2, 0) is 16.0 Å². The fourth-order valence-corrected chi connectivity index (χ4v) is 3.18. The molecule has 0 amide bonds. The molecule has 3 heterocycles. The molecule has 0 unspecified atom stereocenters. The minimum Gasteiger partial charge on any atom is -0.385 e. The van der Waals surface area contributed by atoms with E-state index in [0.717, 1.165) is 69.8 Å². The molecule has 0 saturated carbocycles. The van der Waals surface area contributed by atoms with Gasteiger partial charge in [0.1, 0.15) is 5.69 Å². The summed E-state index contributed by atoms with van der Waals surface area (Å²) < 4.78 is 12.6. The Morgan fingerprint density at radius 2 is 1.77 bits per heavy atom. The zero-order chi connectivity index (χ0) is 18.2. The van der Waals surface area contributed by atoms with Crippen molar-refractivity contribution < 1.29 is 9.47 Å². The Morgan fingerprint density at radius 1 is 0.962 bits per heavy atom. The van der Waals surface area contributed by atoms with Gasteiger partial charge in [-0.05, 0) is 18.6 Å². The minimum absolute atomic E-state index is 0.712. The molecule has 0 atom stereocenters. The standard InChI is InChI=1S/C18H28N6O2/c1-25-14-5-8-24-17(16-6-3-4-7-19-16)20-21-18(24)23-11-9-22(10-12-23)13-15-26-2/h3-4,6-7H,5,8-15H2,1-2H3. The molecule has 1 aliphatic heterocycles. The number of pyridine rings is 1. The van der Waals surface area contributed by atoms with Gasteiger partial charge < -0.3 is 14.4 Å². The van der Waals surface area contributed by atoms with E-state index in [1.807, 2.05) is 18.2 Å². The molecule has 0 radical (unpaired) electrons. The van der Waals surface area contributed by atoms with Crippen LogP contribution < -0.4 is 4.90 Å². The van der Waals surface area contributed by atoms with Crippen LogP contribution >= 0.6 is 0 Å². The van der Waals surface area contributed by atoms with Crippen molar-refractivity contribution >= 4 is 5.95 Å². The van der Waals surface area contributed by atoms with Crippen LogP contribution in [0.1, 0.15) is 6.42 Å². The first kappa shape index (κ1) is 18.8. The van der Waals surface area contributed by atoms with E-state index in [9.17, 15) is 0 Å². The molecule has 0 bridgehead atoms. The lowest BCUT2D eigenvalue weighted by Gasteiger charge is -2.35. The van der Waals surface area contributed by atoms with Crippen molar-refractivity contribution in [3.63, 3.8) is 0 Å². The Balaban J connectivity index is 1.75. The zero-order valence-electron chi connectivity index (χ0n) is 15.7. The number of hydrogen-bond donors (Lipinski definition) is 0. The number of anilines is 1. The predicted octanol–water partition coefficient (Wildman–Crippen LogP) is 1.15. The van der Waals surface area contributed by atoms with Crippen LogP contribution in [-0.4, -0.2) is 84.8 Å². The molecule has 2 aromatic rings. The highest BCUT2D eigenvalue weighted by atomic mass is 16.5. The summed E-state index contributed by atoms with van der Waals surface area (Å²) in [6.07, 6.45) is 2.70. The van der Waals surface area contributed by atoms with Gasteiger partial charge in [-0.1, -0.05) is 6.07 Å². The van der Waals surface area contributed by atoms with Crippen LogP contribution in [0, 0.1) is 0 Å². The highest BCUT2D eigenvalue weighted by Crippen LogP contribution is 2.22. The summed E-state index contributed by atoms with van der Waals surface area (Å²) in [7, 11) is 3.48. The number of hydrogen-bond acceptors (Lipinski definition) is 7. The van der Waals surface area contributed by atoms with E-state index < -0.39 is 0 Å². The summed E-state index contributed by atoms with van der Waals surface area (Å²) in [6.45, 7) is 7.17. The molecule has 1 saturated heterocycles. The van der Waals surface area contributed by atoms with Gasteiger partial charge in [-0.25, -0.2) is 0 Å². The van der Waals surface area contributed by atoms with Gasteiger partial charge in [-0.15, -0.1) is 10.2 Å². The van der Waals surface area contributed by atoms with Gasteiger partial charge in [0.05, 0.1) is 6.61 Å². The average Bonchev–Trinajstić information content (AvgIpc) is 3.11. The summed E-state index contributed by atoms with van der Waals surface area (Å²) in [6, 6.07) is 5.86. The number of ether oxygens (including phenoxy) is 2. The van der Waals surface area contributed by atoms with Crippen molar-refractivity contribution in [2.75, 3.05) is 65.1 Å². The lowest BCUT2D eigenvalue weighted by Crippen LogP contribution is -2.48. The molecule has 0 spiro atoms. The third-order valence-electron chi connectivity index (χ3n) is 4.62. The summed E-state index contributed by atoms with van der Waals surface area (Å²) in [4.78, 5) is 9.18. The molecule has 2 aromatic heterocycles. The second-order valence-electron chi connectivity index (χ2n) is 6.36. The largest absolute Gasteiger partial charge is 0.385 e. The molecular weight excluding hydrogens is 332 g/mol. The second kappa shape index (κ2) is 9.61.